The number of rotatable bonds is 4. The molecule has 1 N–H and O–H groups in total. The lowest BCUT2D eigenvalue weighted by atomic mass is 10.0. The van der Waals surface area contributed by atoms with Crippen molar-refractivity contribution in [3.8, 4) is 0 Å². The maximum atomic E-state index is 11.6. The third kappa shape index (κ3) is 2.98. The second-order valence-corrected chi connectivity index (χ2v) is 7.74. The number of imidazole rings is 1. The topological polar surface area (TPSA) is 66.7 Å². The molecule has 6 nitrogen and oxygen atoms in total. The Kier molecular flexibility index (Phi) is 4.16. The van der Waals surface area contributed by atoms with Crippen molar-refractivity contribution < 1.29 is 8.42 Å². The third-order valence-electron chi connectivity index (χ3n) is 4.27. The summed E-state index contributed by atoms with van der Waals surface area (Å²) in [7, 11) is -1.21. The zero-order valence-electron chi connectivity index (χ0n) is 13.7. The Morgan fingerprint density at radius 3 is 2.70 bits per heavy atom. The molecular weight excluding hydrogens is 312 g/mol. The van der Waals surface area contributed by atoms with E-state index in [2.05, 4.69) is 33.9 Å². The highest BCUT2D eigenvalue weighted by molar-refractivity contribution is 7.88. The molecule has 0 fully saturated rings. The summed E-state index contributed by atoms with van der Waals surface area (Å²) in [5, 5.41) is 3.22. The van der Waals surface area contributed by atoms with Crippen LogP contribution in [0.5, 0.6) is 0 Å². The Hall–Kier alpha value is -1.86. The van der Waals surface area contributed by atoms with Gasteiger partial charge in [0.2, 0.25) is 10.0 Å². The van der Waals surface area contributed by atoms with Crippen LogP contribution >= 0.6 is 0 Å². The van der Waals surface area contributed by atoms with Crippen LogP contribution in [0, 0.1) is 0 Å². The van der Waals surface area contributed by atoms with Gasteiger partial charge >= 0.3 is 0 Å². The number of pyridine rings is 1. The number of aromatic nitrogens is 2. The number of anilines is 1. The van der Waals surface area contributed by atoms with Crippen LogP contribution in [0.15, 0.2) is 24.4 Å². The Balaban J connectivity index is 1.97. The molecule has 0 saturated heterocycles. The van der Waals surface area contributed by atoms with E-state index in [1.807, 2.05) is 19.2 Å². The molecule has 3 heterocycles. The van der Waals surface area contributed by atoms with Gasteiger partial charge in [-0.25, -0.2) is 13.4 Å². The molecular formula is C16H22N4O2S. The summed E-state index contributed by atoms with van der Waals surface area (Å²) in [6.45, 7) is 3.06. The van der Waals surface area contributed by atoms with E-state index in [-0.39, 0.29) is 0 Å². The van der Waals surface area contributed by atoms with Gasteiger partial charge in [0, 0.05) is 26.3 Å². The van der Waals surface area contributed by atoms with Crippen molar-refractivity contribution in [1.82, 2.24) is 13.7 Å². The van der Waals surface area contributed by atoms with Crippen LogP contribution in [0.2, 0.25) is 0 Å². The van der Waals surface area contributed by atoms with Gasteiger partial charge in [0.05, 0.1) is 11.9 Å². The van der Waals surface area contributed by atoms with Crippen molar-refractivity contribution in [2.75, 3.05) is 31.7 Å². The average Bonchev–Trinajstić information content (AvgIpc) is 2.90. The SMILES string of the molecule is CCc1nc2ccc(C3=CCN(S(C)(=O)=O)CC3)cn2c1NC. The van der Waals surface area contributed by atoms with E-state index in [1.165, 1.54) is 16.1 Å². The summed E-state index contributed by atoms with van der Waals surface area (Å²) >= 11 is 0. The maximum absolute atomic E-state index is 11.6. The van der Waals surface area contributed by atoms with E-state index < -0.39 is 10.0 Å². The minimum absolute atomic E-state index is 0.440. The largest absolute Gasteiger partial charge is 0.373 e. The molecule has 0 saturated carbocycles. The lowest BCUT2D eigenvalue weighted by Gasteiger charge is -2.24. The van der Waals surface area contributed by atoms with E-state index in [0.29, 0.717) is 13.1 Å². The van der Waals surface area contributed by atoms with Crippen molar-refractivity contribution in [2.24, 2.45) is 0 Å². The first-order valence-corrected chi connectivity index (χ1v) is 9.62. The number of nitrogens with one attached hydrogen (secondary N) is 1. The van der Waals surface area contributed by atoms with Crippen molar-refractivity contribution in [3.63, 3.8) is 0 Å². The van der Waals surface area contributed by atoms with Crippen molar-refractivity contribution in [3.05, 3.63) is 35.7 Å². The van der Waals surface area contributed by atoms with Gasteiger partial charge in [0.15, 0.2) is 0 Å². The number of nitrogens with zero attached hydrogens (tertiary/aromatic N) is 3. The fourth-order valence-corrected chi connectivity index (χ4v) is 3.78. The predicted octanol–water partition coefficient (Wildman–Crippen LogP) is 1.99. The highest BCUT2D eigenvalue weighted by Gasteiger charge is 2.20. The highest BCUT2D eigenvalue weighted by atomic mass is 32.2. The average molecular weight is 334 g/mol. The van der Waals surface area contributed by atoms with Crippen molar-refractivity contribution >= 4 is 27.1 Å². The lowest BCUT2D eigenvalue weighted by Crippen LogP contribution is -2.33. The molecule has 0 unspecified atom stereocenters. The van der Waals surface area contributed by atoms with Crippen molar-refractivity contribution in [1.29, 1.82) is 0 Å². The first-order valence-electron chi connectivity index (χ1n) is 7.77. The van der Waals surface area contributed by atoms with E-state index in [4.69, 9.17) is 0 Å². The minimum atomic E-state index is -3.11. The Morgan fingerprint density at radius 2 is 2.13 bits per heavy atom. The standard InChI is InChI=1S/C16H22N4O2S/c1-4-14-16(17-2)20-11-13(5-6-15(20)18-14)12-7-9-19(10-8-12)23(3,21)22/h5-7,11,17H,4,8-10H2,1-3H3. The summed E-state index contributed by atoms with van der Waals surface area (Å²) in [5.41, 5.74) is 4.26. The van der Waals surface area contributed by atoms with Gasteiger partial charge in [0.25, 0.3) is 0 Å². The summed E-state index contributed by atoms with van der Waals surface area (Å²) in [5.74, 6) is 1.01. The molecule has 7 heteroatoms. The van der Waals surface area contributed by atoms with Crippen LogP contribution in [0.25, 0.3) is 11.2 Å². The highest BCUT2D eigenvalue weighted by Crippen LogP contribution is 2.26. The van der Waals surface area contributed by atoms with Gasteiger partial charge < -0.3 is 5.32 Å². The number of hydrogen-bond donors (Lipinski definition) is 1. The van der Waals surface area contributed by atoms with Crippen LogP contribution in [0.1, 0.15) is 24.6 Å². The van der Waals surface area contributed by atoms with Crippen LogP contribution < -0.4 is 5.32 Å². The fourth-order valence-electron chi connectivity index (χ4n) is 3.01. The van der Waals surface area contributed by atoms with Crippen LogP contribution in [0.4, 0.5) is 5.82 Å². The summed E-state index contributed by atoms with van der Waals surface area (Å²) in [6.07, 6.45) is 6.94. The molecule has 2 aromatic heterocycles. The van der Waals surface area contributed by atoms with Gasteiger partial charge in [-0.05, 0) is 36.1 Å². The quantitative estimate of drug-likeness (QED) is 0.928. The maximum Gasteiger partial charge on any atom is 0.211 e. The van der Waals surface area contributed by atoms with Crippen LogP contribution in [-0.2, 0) is 16.4 Å². The number of sulfonamides is 1. The first-order chi connectivity index (χ1) is 10.9. The number of aryl methyl sites for hydroxylation is 1. The Labute approximate surface area is 136 Å². The monoisotopic (exact) mass is 334 g/mol. The molecule has 1 aliphatic heterocycles. The zero-order chi connectivity index (χ0) is 16.6. The van der Waals surface area contributed by atoms with Gasteiger partial charge in [-0.1, -0.05) is 13.0 Å². The number of hydrogen-bond acceptors (Lipinski definition) is 4. The molecule has 23 heavy (non-hydrogen) atoms. The third-order valence-corrected chi connectivity index (χ3v) is 5.54. The summed E-state index contributed by atoms with van der Waals surface area (Å²) in [6, 6.07) is 4.07. The molecule has 124 valence electrons. The molecule has 1 aliphatic rings. The second-order valence-electron chi connectivity index (χ2n) is 5.76. The van der Waals surface area contributed by atoms with Gasteiger partial charge in [-0.3, -0.25) is 4.40 Å². The molecule has 0 bridgehead atoms. The van der Waals surface area contributed by atoms with E-state index in [0.717, 1.165) is 35.6 Å². The molecule has 2 aromatic rings. The Morgan fingerprint density at radius 1 is 1.35 bits per heavy atom. The minimum Gasteiger partial charge on any atom is -0.373 e. The molecule has 3 rings (SSSR count). The van der Waals surface area contributed by atoms with E-state index in [1.54, 1.807) is 0 Å². The number of fused-ring (bicyclic) bond motifs is 1. The van der Waals surface area contributed by atoms with E-state index in [9.17, 15) is 8.42 Å². The molecule has 0 amide bonds. The van der Waals surface area contributed by atoms with Crippen molar-refractivity contribution in [2.45, 2.75) is 19.8 Å². The normalized spacial score (nSPS) is 16.6. The Bertz CT molecular complexity index is 868. The van der Waals surface area contributed by atoms with Gasteiger partial charge in [-0.15, -0.1) is 0 Å². The zero-order valence-corrected chi connectivity index (χ0v) is 14.5. The first kappa shape index (κ1) is 16.0. The molecule has 0 radical (unpaired) electrons. The summed E-state index contributed by atoms with van der Waals surface area (Å²) < 4.78 is 26.8. The smallest absolute Gasteiger partial charge is 0.211 e. The lowest BCUT2D eigenvalue weighted by molar-refractivity contribution is 0.446. The van der Waals surface area contributed by atoms with Gasteiger partial charge in [0.1, 0.15) is 11.5 Å². The summed E-state index contributed by atoms with van der Waals surface area (Å²) in [4.78, 5) is 4.63. The van der Waals surface area contributed by atoms with Crippen LogP contribution in [-0.4, -0.2) is 48.5 Å². The van der Waals surface area contributed by atoms with Gasteiger partial charge in [-0.2, -0.15) is 4.31 Å². The molecule has 0 aromatic carbocycles. The fraction of sp³-hybridized carbons (Fsp3) is 0.438. The van der Waals surface area contributed by atoms with Crippen LogP contribution in [0.3, 0.4) is 0 Å². The van der Waals surface area contributed by atoms with E-state index >= 15 is 0 Å². The second kappa shape index (κ2) is 5.98. The predicted molar refractivity (Wildman–Crippen MR) is 93.1 cm³/mol. The molecule has 0 aliphatic carbocycles. The molecule has 0 atom stereocenters. The molecule has 0 spiro atoms.